The normalized spacial score (nSPS) is 11.1. The SMILES string of the molecule is COCc1nc2cc(C)c(C)cc2n1Cc1ccccc1C(N)=S. The van der Waals surface area contributed by atoms with Gasteiger partial charge >= 0.3 is 0 Å². The lowest BCUT2D eigenvalue weighted by molar-refractivity contribution is 0.175. The molecule has 124 valence electrons. The average molecular weight is 339 g/mol. The number of hydrogen-bond acceptors (Lipinski definition) is 3. The van der Waals surface area contributed by atoms with Crippen LogP contribution in [0.4, 0.5) is 0 Å². The van der Waals surface area contributed by atoms with Gasteiger partial charge in [-0.2, -0.15) is 0 Å². The summed E-state index contributed by atoms with van der Waals surface area (Å²) in [7, 11) is 1.68. The Hall–Kier alpha value is -2.24. The highest BCUT2D eigenvalue weighted by atomic mass is 32.1. The molecule has 0 spiro atoms. The summed E-state index contributed by atoms with van der Waals surface area (Å²) in [6.45, 7) is 5.34. The van der Waals surface area contributed by atoms with Crippen LogP contribution in [0.15, 0.2) is 36.4 Å². The van der Waals surface area contributed by atoms with Gasteiger partial charge in [-0.15, -0.1) is 0 Å². The lowest BCUT2D eigenvalue weighted by atomic mass is 10.1. The van der Waals surface area contributed by atoms with Crippen LogP contribution in [0.2, 0.25) is 0 Å². The summed E-state index contributed by atoms with van der Waals surface area (Å²) < 4.78 is 7.52. The molecule has 0 atom stereocenters. The largest absolute Gasteiger partial charge is 0.389 e. The fourth-order valence-corrected chi connectivity index (χ4v) is 3.11. The Bertz CT molecular complexity index is 914. The number of rotatable bonds is 5. The Balaban J connectivity index is 2.16. The molecule has 2 N–H and O–H groups in total. The molecule has 1 aromatic heterocycles. The van der Waals surface area contributed by atoms with Gasteiger partial charge in [0.1, 0.15) is 17.4 Å². The molecule has 0 radical (unpaired) electrons. The van der Waals surface area contributed by atoms with Crippen LogP contribution in [-0.2, 0) is 17.9 Å². The monoisotopic (exact) mass is 339 g/mol. The van der Waals surface area contributed by atoms with Crippen LogP contribution < -0.4 is 5.73 Å². The Morgan fingerprint density at radius 3 is 2.62 bits per heavy atom. The molecule has 0 fully saturated rings. The summed E-state index contributed by atoms with van der Waals surface area (Å²) in [5, 5.41) is 0. The summed E-state index contributed by atoms with van der Waals surface area (Å²) >= 11 is 5.19. The molecule has 24 heavy (non-hydrogen) atoms. The molecular weight excluding hydrogens is 318 g/mol. The lowest BCUT2D eigenvalue weighted by Gasteiger charge is -2.13. The van der Waals surface area contributed by atoms with E-state index in [0.29, 0.717) is 18.1 Å². The Kier molecular flexibility index (Phi) is 4.64. The summed E-state index contributed by atoms with van der Waals surface area (Å²) in [6.07, 6.45) is 0. The Morgan fingerprint density at radius 2 is 1.92 bits per heavy atom. The van der Waals surface area contributed by atoms with Crippen molar-refractivity contribution in [3.8, 4) is 0 Å². The van der Waals surface area contributed by atoms with Gasteiger partial charge < -0.3 is 15.0 Å². The molecule has 3 rings (SSSR count). The molecule has 0 unspecified atom stereocenters. The van der Waals surface area contributed by atoms with Crippen molar-refractivity contribution in [3.05, 3.63) is 64.5 Å². The molecule has 0 bridgehead atoms. The van der Waals surface area contributed by atoms with Crippen LogP contribution in [0.25, 0.3) is 11.0 Å². The van der Waals surface area contributed by atoms with Gasteiger partial charge in [-0.3, -0.25) is 0 Å². The zero-order chi connectivity index (χ0) is 17.3. The fourth-order valence-electron chi connectivity index (χ4n) is 2.91. The number of methoxy groups -OCH3 is 1. The maximum Gasteiger partial charge on any atom is 0.136 e. The van der Waals surface area contributed by atoms with E-state index in [4.69, 9.17) is 27.7 Å². The van der Waals surface area contributed by atoms with E-state index in [2.05, 4.69) is 36.6 Å². The average Bonchev–Trinajstić information content (AvgIpc) is 2.86. The maximum atomic E-state index is 5.88. The second-order valence-electron chi connectivity index (χ2n) is 5.99. The van der Waals surface area contributed by atoms with E-state index in [0.717, 1.165) is 28.0 Å². The number of ether oxygens (including phenoxy) is 1. The summed E-state index contributed by atoms with van der Waals surface area (Å²) in [6, 6.07) is 12.3. The van der Waals surface area contributed by atoms with Gasteiger partial charge in [0.15, 0.2) is 0 Å². The van der Waals surface area contributed by atoms with Crippen molar-refractivity contribution in [2.75, 3.05) is 7.11 Å². The quantitative estimate of drug-likeness (QED) is 0.723. The molecule has 0 aliphatic carbocycles. The van der Waals surface area contributed by atoms with Crippen molar-refractivity contribution in [1.82, 2.24) is 9.55 Å². The van der Waals surface area contributed by atoms with Crippen LogP contribution in [0.3, 0.4) is 0 Å². The zero-order valence-corrected chi connectivity index (χ0v) is 15.0. The molecular formula is C19H21N3OS. The third-order valence-corrected chi connectivity index (χ3v) is 4.55. The second-order valence-corrected chi connectivity index (χ2v) is 6.43. The Labute approximate surface area is 147 Å². The maximum absolute atomic E-state index is 5.88. The summed E-state index contributed by atoms with van der Waals surface area (Å²) in [5.74, 6) is 0.898. The summed E-state index contributed by atoms with van der Waals surface area (Å²) in [4.78, 5) is 5.16. The minimum atomic E-state index is 0.412. The van der Waals surface area contributed by atoms with Crippen LogP contribution in [0.1, 0.15) is 28.1 Å². The van der Waals surface area contributed by atoms with E-state index in [9.17, 15) is 0 Å². The van der Waals surface area contributed by atoms with Crippen molar-refractivity contribution >= 4 is 28.2 Å². The third kappa shape index (κ3) is 3.05. The second kappa shape index (κ2) is 6.71. The van der Waals surface area contributed by atoms with Crippen molar-refractivity contribution < 1.29 is 4.74 Å². The molecule has 4 nitrogen and oxygen atoms in total. The molecule has 0 saturated heterocycles. The highest BCUT2D eigenvalue weighted by molar-refractivity contribution is 7.80. The number of nitrogens with two attached hydrogens (primary N) is 1. The van der Waals surface area contributed by atoms with Gasteiger partial charge in [-0.1, -0.05) is 36.5 Å². The number of thiocarbonyl (C=S) groups is 1. The predicted molar refractivity (Wildman–Crippen MR) is 101 cm³/mol. The number of fused-ring (bicyclic) bond motifs is 1. The van der Waals surface area contributed by atoms with Crippen LogP contribution in [0.5, 0.6) is 0 Å². The minimum Gasteiger partial charge on any atom is -0.389 e. The molecule has 5 heteroatoms. The number of aryl methyl sites for hydroxylation is 2. The van der Waals surface area contributed by atoms with E-state index < -0.39 is 0 Å². The van der Waals surface area contributed by atoms with Crippen molar-refractivity contribution in [2.45, 2.75) is 27.0 Å². The van der Waals surface area contributed by atoms with Crippen LogP contribution in [0, 0.1) is 13.8 Å². The molecule has 0 saturated carbocycles. The lowest BCUT2D eigenvalue weighted by Crippen LogP contribution is -2.15. The predicted octanol–water partition coefficient (Wildman–Crippen LogP) is 3.48. The number of imidazole rings is 1. The van der Waals surface area contributed by atoms with E-state index in [-0.39, 0.29) is 0 Å². The molecule has 0 amide bonds. The van der Waals surface area contributed by atoms with Crippen molar-refractivity contribution in [1.29, 1.82) is 0 Å². The minimum absolute atomic E-state index is 0.412. The van der Waals surface area contributed by atoms with Gasteiger partial charge in [0.2, 0.25) is 0 Å². The number of hydrogen-bond donors (Lipinski definition) is 1. The topological polar surface area (TPSA) is 53.1 Å². The highest BCUT2D eigenvalue weighted by Gasteiger charge is 2.14. The zero-order valence-electron chi connectivity index (χ0n) is 14.2. The standard InChI is InChI=1S/C19H21N3OS/c1-12-8-16-17(9-13(12)2)22(18(21-16)11-23-3)10-14-6-4-5-7-15(14)19(20)24/h4-9H,10-11H2,1-3H3,(H2,20,24). The molecule has 1 heterocycles. The highest BCUT2D eigenvalue weighted by Crippen LogP contribution is 2.23. The van der Waals surface area contributed by atoms with Crippen molar-refractivity contribution in [3.63, 3.8) is 0 Å². The molecule has 2 aromatic carbocycles. The smallest absolute Gasteiger partial charge is 0.136 e. The first-order valence-electron chi connectivity index (χ1n) is 7.84. The molecule has 0 aliphatic heterocycles. The van der Waals surface area contributed by atoms with Gasteiger partial charge in [-0.25, -0.2) is 4.98 Å². The molecule has 3 aromatic rings. The van der Waals surface area contributed by atoms with Crippen LogP contribution >= 0.6 is 12.2 Å². The van der Waals surface area contributed by atoms with Gasteiger partial charge in [0.25, 0.3) is 0 Å². The Morgan fingerprint density at radius 1 is 1.21 bits per heavy atom. The number of aromatic nitrogens is 2. The fraction of sp³-hybridized carbons (Fsp3) is 0.263. The number of nitrogens with zero attached hydrogens (tertiary/aromatic N) is 2. The first-order valence-corrected chi connectivity index (χ1v) is 8.25. The first-order chi connectivity index (χ1) is 11.5. The third-order valence-electron chi connectivity index (χ3n) is 4.33. The number of benzene rings is 2. The van der Waals surface area contributed by atoms with E-state index in [1.807, 2.05) is 18.2 Å². The van der Waals surface area contributed by atoms with Gasteiger partial charge in [0, 0.05) is 12.7 Å². The van der Waals surface area contributed by atoms with E-state index in [1.165, 1.54) is 11.1 Å². The van der Waals surface area contributed by atoms with E-state index in [1.54, 1.807) is 7.11 Å². The van der Waals surface area contributed by atoms with Crippen molar-refractivity contribution in [2.24, 2.45) is 5.73 Å². The van der Waals surface area contributed by atoms with Crippen LogP contribution in [-0.4, -0.2) is 21.6 Å². The van der Waals surface area contributed by atoms with E-state index >= 15 is 0 Å². The van der Waals surface area contributed by atoms with Gasteiger partial charge in [0.05, 0.1) is 17.6 Å². The first kappa shape index (κ1) is 16.6. The van der Waals surface area contributed by atoms with Gasteiger partial charge in [-0.05, 0) is 42.7 Å². The summed E-state index contributed by atoms with van der Waals surface area (Å²) in [5.41, 5.74) is 12.4. The molecule has 0 aliphatic rings.